The fourth-order valence-electron chi connectivity index (χ4n) is 2.80. The quantitative estimate of drug-likeness (QED) is 0.854. The molecule has 0 amide bonds. The first-order valence-electron chi connectivity index (χ1n) is 6.56. The Labute approximate surface area is 112 Å². The van der Waals surface area contributed by atoms with Crippen LogP contribution >= 0.6 is 11.8 Å². The lowest BCUT2D eigenvalue weighted by atomic mass is 9.79. The van der Waals surface area contributed by atoms with Gasteiger partial charge in [0.15, 0.2) is 0 Å². The number of fused-ring (bicyclic) bond motifs is 1. The minimum atomic E-state index is -0.637. The zero-order chi connectivity index (χ0) is 12.6. The van der Waals surface area contributed by atoms with Crippen molar-refractivity contribution in [1.29, 1.82) is 0 Å². The SMILES string of the molecule is O=C(O)CC1(CSCC2Cc3ccccc32)CC1. The Hall–Kier alpha value is -0.960. The highest BCUT2D eigenvalue weighted by Crippen LogP contribution is 2.51. The van der Waals surface area contributed by atoms with Gasteiger partial charge in [0.05, 0.1) is 6.42 Å². The topological polar surface area (TPSA) is 37.3 Å². The normalized spacial score (nSPS) is 23.0. The molecule has 1 N–H and O–H groups in total. The van der Waals surface area contributed by atoms with Crippen LogP contribution in [0.3, 0.4) is 0 Å². The third kappa shape index (κ3) is 2.41. The largest absolute Gasteiger partial charge is 0.481 e. The van der Waals surface area contributed by atoms with E-state index in [1.807, 2.05) is 11.8 Å². The van der Waals surface area contributed by atoms with E-state index in [1.54, 1.807) is 0 Å². The van der Waals surface area contributed by atoms with Gasteiger partial charge in [0.25, 0.3) is 0 Å². The van der Waals surface area contributed by atoms with Gasteiger partial charge in [-0.2, -0.15) is 11.8 Å². The van der Waals surface area contributed by atoms with Crippen LogP contribution in [-0.2, 0) is 11.2 Å². The van der Waals surface area contributed by atoms with Gasteiger partial charge < -0.3 is 5.11 Å². The molecular formula is C15H18O2S. The smallest absolute Gasteiger partial charge is 0.303 e. The van der Waals surface area contributed by atoms with Gasteiger partial charge in [-0.25, -0.2) is 0 Å². The highest BCUT2D eigenvalue weighted by Gasteiger charge is 2.44. The van der Waals surface area contributed by atoms with Crippen LogP contribution in [0.5, 0.6) is 0 Å². The first kappa shape index (κ1) is 12.1. The minimum Gasteiger partial charge on any atom is -0.481 e. The number of thioether (sulfide) groups is 1. The van der Waals surface area contributed by atoms with Crippen molar-refractivity contribution < 1.29 is 9.90 Å². The second kappa shape index (κ2) is 4.61. The van der Waals surface area contributed by atoms with E-state index < -0.39 is 5.97 Å². The fraction of sp³-hybridized carbons (Fsp3) is 0.533. The average molecular weight is 262 g/mol. The summed E-state index contributed by atoms with van der Waals surface area (Å²) in [5.41, 5.74) is 3.14. The van der Waals surface area contributed by atoms with Crippen molar-refractivity contribution in [2.24, 2.45) is 5.41 Å². The average Bonchev–Trinajstić information content (AvgIpc) is 3.04. The predicted octanol–water partition coefficient (Wildman–Crippen LogP) is 3.31. The molecule has 1 atom stereocenters. The summed E-state index contributed by atoms with van der Waals surface area (Å²) < 4.78 is 0. The molecule has 1 saturated carbocycles. The number of hydrogen-bond acceptors (Lipinski definition) is 2. The molecule has 1 aromatic rings. The molecule has 96 valence electrons. The van der Waals surface area contributed by atoms with Crippen LogP contribution in [0.25, 0.3) is 0 Å². The van der Waals surface area contributed by atoms with Crippen LogP contribution in [0.1, 0.15) is 36.3 Å². The van der Waals surface area contributed by atoms with Crippen molar-refractivity contribution in [2.75, 3.05) is 11.5 Å². The molecule has 18 heavy (non-hydrogen) atoms. The second-order valence-corrected chi connectivity index (χ2v) is 6.72. The number of hydrogen-bond donors (Lipinski definition) is 1. The number of carbonyl (C=O) groups is 1. The van der Waals surface area contributed by atoms with Crippen LogP contribution in [0.15, 0.2) is 24.3 Å². The zero-order valence-corrected chi connectivity index (χ0v) is 11.2. The van der Waals surface area contributed by atoms with Crippen molar-refractivity contribution in [1.82, 2.24) is 0 Å². The van der Waals surface area contributed by atoms with Gasteiger partial charge in [-0.05, 0) is 47.5 Å². The third-order valence-electron chi connectivity index (χ3n) is 4.17. The van der Waals surface area contributed by atoms with Crippen molar-refractivity contribution in [3.05, 3.63) is 35.4 Å². The van der Waals surface area contributed by atoms with E-state index >= 15 is 0 Å². The first-order chi connectivity index (χ1) is 8.69. The highest BCUT2D eigenvalue weighted by molar-refractivity contribution is 7.99. The Bertz CT molecular complexity index is 465. The van der Waals surface area contributed by atoms with E-state index in [1.165, 1.54) is 17.5 Å². The molecule has 1 unspecified atom stereocenters. The number of aliphatic carboxylic acids is 1. The van der Waals surface area contributed by atoms with Gasteiger partial charge in [0.1, 0.15) is 0 Å². The van der Waals surface area contributed by atoms with Gasteiger partial charge in [-0.1, -0.05) is 24.3 Å². The predicted molar refractivity (Wildman–Crippen MR) is 74.1 cm³/mol. The molecule has 0 aliphatic heterocycles. The van der Waals surface area contributed by atoms with Crippen LogP contribution in [-0.4, -0.2) is 22.6 Å². The molecule has 0 spiro atoms. The van der Waals surface area contributed by atoms with Crippen LogP contribution in [0.4, 0.5) is 0 Å². The Kier molecular flexibility index (Phi) is 3.10. The van der Waals surface area contributed by atoms with E-state index in [4.69, 9.17) is 5.11 Å². The van der Waals surface area contributed by atoms with Crippen LogP contribution in [0.2, 0.25) is 0 Å². The van der Waals surface area contributed by atoms with Crippen LogP contribution < -0.4 is 0 Å². The van der Waals surface area contributed by atoms with Crippen molar-refractivity contribution in [3.8, 4) is 0 Å². The van der Waals surface area contributed by atoms with E-state index in [0.717, 1.165) is 24.3 Å². The summed E-state index contributed by atoms with van der Waals surface area (Å²) in [7, 11) is 0. The zero-order valence-electron chi connectivity index (χ0n) is 10.4. The monoisotopic (exact) mass is 262 g/mol. The molecule has 3 heteroatoms. The molecule has 0 aromatic heterocycles. The summed E-state index contributed by atoms with van der Waals surface area (Å²) >= 11 is 1.95. The fourth-order valence-corrected chi connectivity index (χ4v) is 4.32. The van der Waals surface area contributed by atoms with Gasteiger partial charge in [-0.15, -0.1) is 0 Å². The van der Waals surface area contributed by atoms with E-state index in [9.17, 15) is 4.79 Å². The molecule has 1 fully saturated rings. The van der Waals surface area contributed by atoms with E-state index in [2.05, 4.69) is 24.3 Å². The highest BCUT2D eigenvalue weighted by atomic mass is 32.2. The molecule has 2 nitrogen and oxygen atoms in total. The number of carboxylic acid groups (broad SMARTS) is 1. The van der Waals surface area contributed by atoms with Gasteiger partial charge in [0, 0.05) is 5.75 Å². The molecule has 1 aromatic carbocycles. The molecule has 0 heterocycles. The summed E-state index contributed by atoms with van der Waals surface area (Å²) in [6.07, 6.45) is 3.78. The maximum absolute atomic E-state index is 10.8. The Morgan fingerprint density at radius 2 is 2.17 bits per heavy atom. The van der Waals surface area contributed by atoms with Crippen molar-refractivity contribution >= 4 is 17.7 Å². The van der Waals surface area contributed by atoms with Gasteiger partial charge in [0.2, 0.25) is 0 Å². The number of carboxylic acids is 1. The summed E-state index contributed by atoms with van der Waals surface area (Å²) in [4.78, 5) is 10.8. The molecule has 2 aliphatic carbocycles. The molecule has 2 aliphatic rings. The lowest BCUT2D eigenvalue weighted by Crippen LogP contribution is -2.20. The summed E-state index contributed by atoms with van der Waals surface area (Å²) in [5.74, 6) is 2.24. The minimum absolute atomic E-state index is 0.139. The second-order valence-electron chi connectivity index (χ2n) is 5.69. The maximum Gasteiger partial charge on any atom is 0.303 e. The first-order valence-corrected chi connectivity index (χ1v) is 7.71. The van der Waals surface area contributed by atoms with Gasteiger partial charge in [-0.3, -0.25) is 4.79 Å². The Morgan fingerprint density at radius 3 is 2.83 bits per heavy atom. The lowest BCUT2D eigenvalue weighted by Gasteiger charge is -2.30. The van der Waals surface area contributed by atoms with E-state index in [0.29, 0.717) is 12.3 Å². The van der Waals surface area contributed by atoms with Crippen molar-refractivity contribution in [3.63, 3.8) is 0 Å². The third-order valence-corrected chi connectivity index (χ3v) is 5.63. The molecule has 0 radical (unpaired) electrons. The summed E-state index contributed by atoms with van der Waals surface area (Å²) in [6.45, 7) is 0. The van der Waals surface area contributed by atoms with Crippen LogP contribution in [0, 0.1) is 5.41 Å². The molecular weight excluding hydrogens is 244 g/mol. The Balaban J connectivity index is 1.46. The maximum atomic E-state index is 10.8. The number of rotatable bonds is 6. The van der Waals surface area contributed by atoms with E-state index in [-0.39, 0.29) is 5.41 Å². The lowest BCUT2D eigenvalue weighted by molar-refractivity contribution is -0.138. The summed E-state index contributed by atoms with van der Waals surface area (Å²) in [5, 5.41) is 8.88. The number of benzene rings is 1. The molecule has 3 rings (SSSR count). The Morgan fingerprint density at radius 1 is 1.39 bits per heavy atom. The summed E-state index contributed by atoms with van der Waals surface area (Å²) in [6, 6.07) is 8.66. The van der Waals surface area contributed by atoms with Gasteiger partial charge >= 0.3 is 5.97 Å². The molecule has 0 bridgehead atoms. The standard InChI is InChI=1S/C15H18O2S/c16-14(17)8-15(5-6-15)10-18-9-12-7-11-3-1-2-4-13(11)12/h1-4,12H,5-10H2,(H,16,17). The molecule has 0 saturated heterocycles. The van der Waals surface area contributed by atoms with Crippen molar-refractivity contribution in [2.45, 2.75) is 31.6 Å².